The number of hydrogen-bond acceptors (Lipinski definition) is 4. The molecule has 0 N–H and O–H groups in total. The Labute approximate surface area is 183 Å². The maximum Gasteiger partial charge on any atom is 0.355 e. The third-order valence-electron chi connectivity index (χ3n) is 5.53. The fraction of sp³-hybridized carbons (Fsp3) is 0.458. The van der Waals surface area contributed by atoms with Crippen molar-refractivity contribution in [1.82, 2.24) is 9.47 Å². The molecule has 1 aromatic heterocycles. The van der Waals surface area contributed by atoms with E-state index in [0.29, 0.717) is 29.1 Å². The molecule has 0 aliphatic heterocycles. The van der Waals surface area contributed by atoms with Gasteiger partial charge in [-0.2, -0.15) is 0 Å². The summed E-state index contributed by atoms with van der Waals surface area (Å²) in [5.41, 5.74) is 2.76. The zero-order valence-corrected chi connectivity index (χ0v) is 19.1. The van der Waals surface area contributed by atoms with Crippen molar-refractivity contribution in [2.45, 2.75) is 67.1 Å². The minimum Gasteiger partial charge on any atom is -0.461 e. The number of benzene rings is 1. The molecule has 168 valence electrons. The summed E-state index contributed by atoms with van der Waals surface area (Å²) in [7, 11) is 0. The van der Waals surface area contributed by atoms with Crippen LogP contribution >= 0.6 is 0 Å². The topological polar surface area (TPSA) is 68.6 Å². The van der Waals surface area contributed by atoms with Crippen molar-refractivity contribution in [3.63, 3.8) is 0 Å². The van der Waals surface area contributed by atoms with Crippen LogP contribution in [0.3, 0.4) is 0 Å². The van der Waals surface area contributed by atoms with Crippen LogP contribution in [0.25, 0.3) is 0 Å². The average molecular weight is 431 g/mol. The van der Waals surface area contributed by atoms with Crippen molar-refractivity contribution >= 4 is 17.7 Å². The number of ketones is 1. The van der Waals surface area contributed by atoms with E-state index in [4.69, 9.17) is 4.74 Å². The number of carbonyl (C=O) groups excluding carboxylic acids is 3. The molecule has 0 fully saturated rings. The lowest BCUT2D eigenvalue weighted by Crippen LogP contribution is -2.42. The summed E-state index contributed by atoms with van der Waals surface area (Å²) >= 11 is 0. The molecule has 2 aromatic rings. The molecular weight excluding hydrogens is 399 g/mol. The Hall–Kier alpha value is -2.96. The Morgan fingerprint density at radius 3 is 2.23 bits per heavy atom. The van der Waals surface area contributed by atoms with E-state index in [1.165, 1.54) is 17.0 Å². The summed E-state index contributed by atoms with van der Waals surface area (Å²) in [5, 5.41) is 0. The maximum absolute atomic E-state index is 13.5. The summed E-state index contributed by atoms with van der Waals surface area (Å²) < 4.78 is 20.2. The number of Topliss-reactive ketones (excluding diaryl/α,β-unsaturated/α-hetero) is 1. The van der Waals surface area contributed by atoms with Gasteiger partial charge in [0.05, 0.1) is 12.6 Å². The Morgan fingerprint density at radius 1 is 1.10 bits per heavy atom. The molecule has 0 spiro atoms. The van der Waals surface area contributed by atoms with Crippen LogP contribution in [0.15, 0.2) is 24.3 Å². The van der Waals surface area contributed by atoms with Crippen LogP contribution in [-0.2, 0) is 22.6 Å². The molecule has 2 rings (SSSR count). The highest BCUT2D eigenvalue weighted by Crippen LogP contribution is 2.26. The van der Waals surface area contributed by atoms with Gasteiger partial charge in [0.15, 0.2) is 5.78 Å². The monoisotopic (exact) mass is 430 g/mol. The van der Waals surface area contributed by atoms with Crippen molar-refractivity contribution < 1.29 is 23.5 Å². The number of aromatic nitrogens is 1. The van der Waals surface area contributed by atoms with Crippen molar-refractivity contribution in [2.24, 2.45) is 0 Å². The van der Waals surface area contributed by atoms with Gasteiger partial charge in [-0.1, -0.05) is 19.1 Å². The number of hydrogen-bond donors (Lipinski definition) is 0. The molecule has 0 saturated heterocycles. The smallest absolute Gasteiger partial charge is 0.355 e. The standard InChI is InChI=1S/C24H31FN2O4/c1-7-20(28)27(14-18-10-12-19(25)13-11-18)17(6)23(29)21-15(4)22(24(30)31-9-3)26(8-2)16(21)5/h10-13,17H,7-9,14H2,1-6H3. The van der Waals surface area contributed by atoms with Gasteiger partial charge in [0.25, 0.3) is 0 Å². The Kier molecular flexibility index (Phi) is 8.14. The molecule has 0 bridgehead atoms. The number of amides is 1. The van der Waals surface area contributed by atoms with Gasteiger partial charge in [0.1, 0.15) is 11.5 Å². The first-order valence-corrected chi connectivity index (χ1v) is 10.6. The fourth-order valence-corrected chi connectivity index (χ4v) is 3.90. The van der Waals surface area contributed by atoms with Crippen molar-refractivity contribution in [3.8, 4) is 0 Å². The molecule has 0 aliphatic carbocycles. The number of rotatable bonds is 9. The minimum atomic E-state index is -0.752. The number of halogens is 1. The zero-order chi connectivity index (χ0) is 23.3. The van der Waals surface area contributed by atoms with Crippen LogP contribution in [0, 0.1) is 19.7 Å². The van der Waals surface area contributed by atoms with E-state index < -0.39 is 12.0 Å². The predicted octanol–water partition coefficient (Wildman–Crippen LogP) is 4.45. The maximum atomic E-state index is 13.5. The minimum absolute atomic E-state index is 0.180. The summed E-state index contributed by atoms with van der Waals surface area (Å²) in [6.45, 7) is 11.5. The normalized spacial score (nSPS) is 11.8. The van der Waals surface area contributed by atoms with Gasteiger partial charge in [-0.25, -0.2) is 9.18 Å². The van der Waals surface area contributed by atoms with Crippen molar-refractivity contribution in [3.05, 3.63) is 58.2 Å². The van der Waals surface area contributed by atoms with Crippen molar-refractivity contribution in [2.75, 3.05) is 6.61 Å². The van der Waals surface area contributed by atoms with E-state index in [2.05, 4.69) is 0 Å². The summed E-state index contributed by atoms with van der Waals surface area (Å²) in [6, 6.07) is 5.12. The van der Waals surface area contributed by atoms with Gasteiger partial charge in [-0.05, 0) is 57.9 Å². The number of nitrogens with zero attached hydrogens (tertiary/aromatic N) is 2. The van der Waals surface area contributed by atoms with Gasteiger partial charge < -0.3 is 14.2 Å². The largest absolute Gasteiger partial charge is 0.461 e. The van der Waals surface area contributed by atoms with Gasteiger partial charge in [0.2, 0.25) is 5.91 Å². The highest BCUT2D eigenvalue weighted by atomic mass is 19.1. The Balaban J connectivity index is 2.45. The molecule has 1 atom stereocenters. The highest BCUT2D eigenvalue weighted by Gasteiger charge is 2.32. The third kappa shape index (κ3) is 5.03. The van der Waals surface area contributed by atoms with Gasteiger partial charge in [-0.15, -0.1) is 0 Å². The number of esters is 1. The summed E-state index contributed by atoms with van der Waals surface area (Å²) in [5.74, 6) is -1.25. The lowest BCUT2D eigenvalue weighted by molar-refractivity contribution is -0.132. The lowest BCUT2D eigenvalue weighted by atomic mass is 9.99. The molecule has 1 heterocycles. The van der Waals surface area contributed by atoms with Crippen LogP contribution in [0.5, 0.6) is 0 Å². The van der Waals surface area contributed by atoms with E-state index in [0.717, 1.165) is 5.56 Å². The SMILES string of the molecule is CCOC(=O)c1c(C)c(C(=O)C(C)N(Cc2ccc(F)cc2)C(=O)CC)c(C)n1CC. The van der Waals surface area contributed by atoms with Gasteiger partial charge >= 0.3 is 5.97 Å². The number of ether oxygens (including phenoxy) is 1. The summed E-state index contributed by atoms with van der Waals surface area (Å²) in [4.78, 5) is 40.2. The highest BCUT2D eigenvalue weighted by molar-refractivity contribution is 6.06. The average Bonchev–Trinajstić information content (AvgIpc) is 3.01. The quantitative estimate of drug-likeness (QED) is 0.435. The second-order valence-corrected chi connectivity index (χ2v) is 7.44. The first-order chi connectivity index (χ1) is 14.7. The number of carbonyl (C=O) groups is 3. The molecule has 1 aromatic carbocycles. The van der Waals surface area contributed by atoms with Gasteiger partial charge in [0, 0.05) is 30.8 Å². The first-order valence-electron chi connectivity index (χ1n) is 10.6. The second-order valence-electron chi connectivity index (χ2n) is 7.44. The Bertz CT molecular complexity index is 963. The lowest BCUT2D eigenvalue weighted by Gasteiger charge is -2.28. The van der Waals surface area contributed by atoms with Crippen LogP contribution in [-0.4, -0.2) is 39.8 Å². The second kappa shape index (κ2) is 10.4. The zero-order valence-electron chi connectivity index (χ0n) is 19.1. The molecule has 1 amide bonds. The van der Waals surface area contributed by atoms with E-state index in [9.17, 15) is 18.8 Å². The predicted molar refractivity (Wildman–Crippen MR) is 117 cm³/mol. The molecule has 0 radical (unpaired) electrons. The Morgan fingerprint density at radius 2 is 1.71 bits per heavy atom. The van der Waals surface area contributed by atoms with Crippen LogP contribution in [0.1, 0.15) is 71.8 Å². The molecule has 7 heteroatoms. The molecular formula is C24H31FN2O4. The van der Waals surface area contributed by atoms with Crippen LogP contribution in [0.2, 0.25) is 0 Å². The van der Waals surface area contributed by atoms with E-state index >= 15 is 0 Å². The molecule has 31 heavy (non-hydrogen) atoms. The van der Waals surface area contributed by atoms with E-state index in [1.54, 1.807) is 51.3 Å². The molecule has 6 nitrogen and oxygen atoms in total. The summed E-state index contributed by atoms with van der Waals surface area (Å²) in [6.07, 6.45) is 0.237. The van der Waals surface area contributed by atoms with Gasteiger partial charge in [-0.3, -0.25) is 9.59 Å². The fourth-order valence-electron chi connectivity index (χ4n) is 3.90. The molecule has 0 aliphatic rings. The molecule has 0 saturated carbocycles. The van der Waals surface area contributed by atoms with Crippen molar-refractivity contribution in [1.29, 1.82) is 0 Å². The van der Waals surface area contributed by atoms with E-state index in [1.807, 2.05) is 6.92 Å². The first kappa shape index (κ1) is 24.3. The third-order valence-corrected chi connectivity index (χ3v) is 5.53. The molecule has 1 unspecified atom stereocenters. The van der Waals surface area contributed by atoms with E-state index in [-0.39, 0.29) is 37.1 Å². The van der Waals surface area contributed by atoms with Crippen LogP contribution in [0.4, 0.5) is 4.39 Å². The van der Waals surface area contributed by atoms with Crippen LogP contribution < -0.4 is 0 Å².